The molecule has 1 heterocycles. The van der Waals surface area contributed by atoms with Gasteiger partial charge in [-0.05, 0) is 18.4 Å². The zero-order valence-electron chi connectivity index (χ0n) is 15.2. The van der Waals surface area contributed by atoms with E-state index in [0.717, 1.165) is 30.4 Å². The molecule has 6 heteroatoms. The molecule has 4 rings (SSSR count). The Bertz CT molecular complexity index is 962. The summed E-state index contributed by atoms with van der Waals surface area (Å²) in [6, 6.07) is 17.9. The topological polar surface area (TPSA) is 96.4 Å². The van der Waals surface area contributed by atoms with E-state index >= 15 is 0 Å². The third-order valence-electron chi connectivity index (χ3n) is 5.74. The van der Waals surface area contributed by atoms with Crippen molar-refractivity contribution >= 4 is 11.4 Å². The van der Waals surface area contributed by atoms with E-state index in [1.54, 1.807) is 12.1 Å². The number of allylic oxidation sites excluding steroid dienone is 1. The second-order valence-electron chi connectivity index (χ2n) is 7.35. The summed E-state index contributed by atoms with van der Waals surface area (Å²) in [6.07, 6.45) is 3.02. The van der Waals surface area contributed by atoms with Crippen molar-refractivity contribution in [3.05, 3.63) is 81.4 Å². The number of nitro groups is 1. The van der Waals surface area contributed by atoms with Crippen LogP contribution in [0.5, 0.6) is 0 Å². The molecule has 0 amide bonds. The molecule has 28 heavy (non-hydrogen) atoms. The molecule has 2 aromatic carbocycles. The molecule has 1 aliphatic heterocycles. The van der Waals surface area contributed by atoms with Crippen molar-refractivity contribution < 1.29 is 14.8 Å². The maximum atomic E-state index is 11.3. The first-order valence-electron chi connectivity index (χ1n) is 9.39. The zero-order valence-corrected chi connectivity index (χ0v) is 15.2. The van der Waals surface area contributed by atoms with Crippen molar-refractivity contribution in [2.45, 2.75) is 37.4 Å². The zero-order chi connectivity index (χ0) is 19.7. The van der Waals surface area contributed by atoms with E-state index in [2.05, 4.69) is 6.07 Å². The van der Waals surface area contributed by atoms with Gasteiger partial charge in [-0.25, -0.2) is 0 Å². The Balaban J connectivity index is 1.89. The van der Waals surface area contributed by atoms with Gasteiger partial charge in [-0.1, -0.05) is 48.9 Å². The third-order valence-corrected chi connectivity index (χ3v) is 5.74. The predicted molar refractivity (Wildman–Crippen MR) is 103 cm³/mol. The summed E-state index contributed by atoms with van der Waals surface area (Å²) < 4.78 is 6.09. The Morgan fingerprint density at radius 3 is 2.50 bits per heavy atom. The molecule has 0 saturated heterocycles. The first-order valence-corrected chi connectivity index (χ1v) is 9.39. The highest BCUT2D eigenvalue weighted by molar-refractivity contribution is 5.70. The molecule has 2 aliphatic rings. The van der Waals surface area contributed by atoms with Gasteiger partial charge in [-0.2, -0.15) is 5.26 Å². The van der Waals surface area contributed by atoms with Crippen LogP contribution >= 0.6 is 0 Å². The van der Waals surface area contributed by atoms with E-state index < -0.39 is 10.7 Å². The lowest BCUT2D eigenvalue weighted by atomic mass is 9.68. The number of fused-ring (bicyclic) bond motifs is 1. The summed E-state index contributed by atoms with van der Waals surface area (Å²) >= 11 is 0. The van der Waals surface area contributed by atoms with Crippen LogP contribution in [0.15, 0.2) is 60.2 Å². The normalized spacial score (nSPS) is 26.7. The molecular formula is C22H20N2O4. The number of nitro benzene ring substituents is 1. The minimum Gasteiger partial charge on any atom is -0.461 e. The molecule has 0 aromatic heterocycles. The van der Waals surface area contributed by atoms with Crippen molar-refractivity contribution in [2.24, 2.45) is 5.92 Å². The van der Waals surface area contributed by atoms with Crippen LogP contribution in [0.2, 0.25) is 0 Å². The number of hydrogen-bond donors (Lipinski definition) is 1. The SMILES string of the molecule is N#CC1=C(c2ccccc2)O[C@]2(O)CCCC[C@H]2[C@@H]1c1ccc([N+](=O)[O-])cc1. The highest BCUT2D eigenvalue weighted by Crippen LogP contribution is 2.53. The van der Waals surface area contributed by atoms with E-state index in [1.807, 2.05) is 30.3 Å². The van der Waals surface area contributed by atoms with Crippen LogP contribution in [0.1, 0.15) is 42.7 Å². The number of benzene rings is 2. The van der Waals surface area contributed by atoms with E-state index in [-0.39, 0.29) is 17.5 Å². The van der Waals surface area contributed by atoms with Crippen LogP contribution in [-0.4, -0.2) is 15.8 Å². The van der Waals surface area contributed by atoms with Crippen LogP contribution in [0.4, 0.5) is 5.69 Å². The Labute approximate surface area is 162 Å². The molecular weight excluding hydrogens is 356 g/mol. The summed E-state index contributed by atoms with van der Waals surface area (Å²) in [5.41, 5.74) is 1.98. The highest BCUT2D eigenvalue weighted by atomic mass is 16.6. The summed E-state index contributed by atoms with van der Waals surface area (Å²) in [6.45, 7) is 0. The van der Waals surface area contributed by atoms with Gasteiger partial charge in [0.2, 0.25) is 5.79 Å². The molecule has 0 radical (unpaired) electrons. The Kier molecular flexibility index (Phi) is 4.62. The van der Waals surface area contributed by atoms with Gasteiger partial charge in [-0.15, -0.1) is 0 Å². The fraction of sp³-hybridized carbons (Fsp3) is 0.318. The number of non-ortho nitro benzene ring substituents is 1. The maximum Gasteiger partial charge on any atom is 0.269 e. The Morgan fingerprint density at radius 2 is 1.86 bits per heavy atom. The molecule has 1 N–H and O–H groups in total. The van der Waals surface area contributed by atoms with Gasteiger partial charge in [0.1, 0.15) is 5.76 Å². The molecule has 1 saturated carbocycles. The van der Waals surface area contributed by atoms with Gasteiger partial charge in [0, 0.05) is 36.0 Å². The van der Waals surface area contributed by atoms with Crippen LogP contribution in [0.25, 0.3) is 5.76 Å². The largest absolute Gasteiger partial charge is 0.461 e. The Hall–Kier alpha value is -3.17. The maximum absolute atomic E-state index is 11.3. The van der Waals surface area contributed by atoms with E-state index in [0.29, 0.717) is 17.8 Å². The number of nitrogens with zero attached hydrogens (tertiary/aromatic N) is 2. The van der Waals surface area contributed by atoms with Crippen LogP contribution < -0.4 is 0 Å². The molecule has 0 bridgehead atoms. The highest BCUT2D eigenvalue weighted by Gasteiger charge is 2.51. The first kappa shape index (κ1) is 18.2. The third kappa shape index (κ3) is 3.04. The second kappa shape index (κ2) is 7.10. The molecule has 2 aromatic rings. The fourth-order valence-electron chi connectivity index (χ4n) is 4.41. The van der Waals surface area contributed by atoms with E-state index in [1.165, 1.54) is 12.1 Å². The number of nitriles is 1. The van der Waals surface area contributed by atoms with Crippen molar-refractivity contribution in [1.82, 2.24) is 0 Å². The quantitative estimate of drug-likeness (QED) is 0.627. The molecule has 6 nitrogen and oxygen atoms in total. The lowest BCUT2D eigenvalue weighted by molar-refractivity contribution is -0.384. The molecule has 3 atom stereocenters. The van der Waals surface area contributed by atoms with Crippen molar-refractivity contribution in [3.63, 3.8) is 0 Å². The summed E-state index contributed by atoms with van der Waals surface area (Å²) in [7, 11) is 0. The van der Waals surface area contributed by atoms with Gasteiger partial charge in [0.25, 0.3) is 5.69 Å². The minimum absolute atomic E-state index is 0.000449. The van der Waals surface area contributed by atoms with Crippen molar-refractivity contribution in [3.8, 4) is 6.07 Å². The van der Waals surface area contributed by atoms with Gasteiger partial charge < -0.3 is 9.84 Å². The molecule has 0 unspecified atom stereocenters. The van der Waals surface area contributed by atoms with Gasteiger partial charge >= 0.3 is 0 Å². The van der Waals surface area contributed by atoms with E-state index in [9.17, 15) is 20.5 Å². The number of ether oxygens (including phenoxy) is 1. The lowest BCUT2D eigenvalue weighted by Crippen LogP contribution is -2.48. The van der Waals surface area contributed by atoms with Crippen LogP contribution in [-0.2, 0) is 4.74 Å². The fourth-order valence-corrected chi connectivity index (χ4v) is 4.41. The predicted octanol–water partition coefficient (Wildman–Crippen LogP) is 4.52. The van der Waals surface area contributed by atoms with Gasteiger partial charge in [0.05, 0.1) is 16.6 Å². The van der Waals surface area contributed by atoms with Gasteiger partial charge in [0.15, 0.2) is 0 Å². The average molecular weight is 376 g/mol. The average Bonchev–Trinajstić information content (AvgIpc) is 2.72. The summed E-state index contributed by atoms with van der Waals surface area (Å²) in [4.78, 5) is 10.6. The van der Waals surface area contributed by atoms with Crippen LogP contribution in [0.3, 0.4) is 0 Å². The number of rotatable bonds is 3. The van der Waals surface area contributed by atoms with Crippen molar-refractivity contribution in [2.75, 3.05) is 0 Å². The summed E-state index contributed by atoms with van der Waals surface area (Å²) in [5.74, 6) is -1.60. The smallest absolute Gasteiger partial charge is 0.269 e. The van der Waals surface area contributed by atoms with Gasteiger partial charge in [-0.3, -0.25) is 10.1 Å². The second-order valence-corrected chi connectivity index (χ2v) is 7.35. The molecule has 0 spiro atoms. The molecule has 1 aliphatic carbocycles. The number of aliphatic hydroxyl groups is 1. The lowest BCUT2D eigenvalue weighted by Gasteiger charge is -2.47. The van der Waals surface area contributed by atoms with E-state index in [4.69, 9.17) is 4.74 Å². The summed E-state index contributed by atoms with van der Waals surface area (Å²) in [5, 5.41) is 32.3. The monoisotopic (exact) mass is 376 g/mol. The number of hydrogen-bond acceptors (Lipinski definition) is 5. The Morgan fingerprint density at radius 1 is 1.14 bits per heavy atom. The van der Waals surface area contributed by atoms with Crippen LogP contribution in [0, 0.1) is 27.4 Å². The molecule has 1 fully saturated rings. The standard InChI is InChI=1S/C22H20N2O4/c23-14-18-20(15-9-11-17(12-10-15)24(26)27)19-8-4-5-13-22(19,25)28-21(18)16-6-2-1-3-7-16/h1-3,6-7,9-12,19-20,25H,4-5,8,13H2/t19-,20+,22+/m0/s1. The van der Waals surface area contributed by atoms with Crippen molar-refractivity contribution in [1.29, 1.82) is 5.26 Å². The minimum atomic E-state index is -1.35. The first-order chi connectivity index (χ1) is 13.5. The molecule has 142 valence electrons.